The number of amides is 3. The Morgan fingerprint density at radius 3 is 2.17 bits per heavy atom. The van der Waals surface area contributed by atoms with Gasteiger partial charge < -0.3 is 40.1 Å². The molecule has 0 bridgehead atoms. The average Bonchev–Trinajstić information content (AvgIpc) is 3.97. The van der Waals surface area contributed by atoms with Gasteiger partial charge in [-0.25, -0.2) is 19.6 Å². The number of aromatic nitrogens is 4. The molecule has 0 radical (unpaired) electrons. The third-order valence-corrected chi connectivity index (χ3v) is 9.56. The number of hydrogen-bond donors (Lipinski definition) is 5. The summed E-state index contributed by atoms with van der Waals surface area (Å²) in [5.74, 6) is 13.0. The number of rotatable bonds is 10. The fourth-order valence-corrected chi connectivity index (χ4v) is 6.74. The van der Waals surface area contributed by atoms with E-state index in [1.54, 1.807) is 17.3 Å². The number of H-pyrrole nitrogens is 2. The van der Waals surface area contributed by atoms with E-state index in [1.807, 2.05) is 56.9 Å². The highest BCUT2D eigenvalue weighted by atomic mass is 16.5. The van der Waals surface area contributed by atoms with Crippen molar-refractivity contribution in [1.29, 1.82) is 0 Å². The molecule has 3 aromatic rings. The topological polar surface area (TPSA) is 178 Å². The van der Waals surface area contributed by atoms with Gasteiger partial charge in [-0.3, -0.25) is 9.69 Å². The van der Waals surface area contributed by atoms with E-state index in [0.29, 0.717) is 30.4 Å². The number of nitrogens with zero attached hydrogens (tertiary/aromatic N) is 4. The number of aliphatic hydroxyl groups excluding tert-OH is 1. The van der Waals surface area contributed by atoms with E-state index in [9.17, 15) is 19.5 Å². The lowest BCUT2D eigenvalue weighted by Gasteiger charge is -2.35. The molecule has 52 heavy (non-hydrogen) atoms. The van der Waals surface area contributed by atoms with Crippen LogP contribution >= 0.6 is 0 Å². The maximum Gasteiger partial charge on any atom is 0.407 e. The SMILES string of the molecule is COC(=O)NC(C(=O)N1CCCC1c1ncc(-c2ccc(C#CC#Cc3cnc(C4CCCN4C(O)C(NC(=O)OC)C(C)C)[nH]3)cc2)[nH]1)C(C)C. The van der Waals surface area contributed by atoms with Crippen LogP contribution < -0.4 is 10.6 Å². The molecule has 3 amide bonds. The molecular formula is C38H48N8O6. The van der Waals surface area contributed by atoms with Gasteiger partial charge in [-0.05, 0) is 73.0 Å². The number of hydrogen-bond acceptors (Lipinski definition) is 9. The largest absolute Gasteiger partial charge is 0.453 e. The standard InChI is InChI=1S/C38H48N8O6/c1-23(2)31(43-37(49)51-5)35(47)45-19-9-13-29(45)33-39-21-27(41-33)12-8-7-11-25-15-17-26(18-16-25)28-22-40-34(42-28)30-14-10-20-46(30)36(48)32(24(3)4)44-38(50)52-6/h15-18,21-24,29-32,35,47H,9-10,13-14,19-20H2,1-6H3,(H,39,41)(H,40,42)(H,43,49)(H,44,50). The highest BCUT2D eigenvalue weighted by Crippen LogP contribution is 2.34. The monoisotopic (exact) mass is 712 g/mol. The number of nitrogens with one attached hydrogen (secondary N) is 4. The van der Waals surface area contributed by atoms with Gasteiger partial charge in [0.2, 0.25) is 5.91 Å². The second-order valence-electron chi connectivity index (χ2n) is 13.7. The van der Waals surface area contributed by atoms with Crippen LogP contribution in [0, 0.1) is 35.5 Å². The molecule has 5 unspecified atom stereocenters. The highest BCUT2D eigenvalue weighted by Gasteiger charge is 2.39. The molecule has 0 aliphatic carbocycles. The van der Waals surface area contributed by atoms with Gasteiger partial charge in [0.15, 0.2) is 0 Å². The summed E-state index contributed by atoms with van der Waals surface area (Å²) in [5.41, 5.74) is 3.16. The van der Waals surface area contributed by atoms with Crippen LogP contribution in [0.2, 0.25) is 0 Å². The van der Waals surface area contributed by atoms with Crippen LogP contribution in [-0.2, 0) is 14.3 Å². The maximum absolute atomic E-state index is 13.5. The van der Waals surface area contributed by atoms with Crippen LogP contribution in [-0.4, -0.2) is 98.6 Å². The molecule has 2 saturated heterocycles. The van der Waals surface area contributed by atoms with Gasteiger partial charge in [-0.1, -0.05) is 45.7 Å². The van der Waals surface area contributed by atoms with Gasteiger partial charge >= 0.3 is 12.2 Å². The molecule has 2 aromatic heterocycles. The summed E-state index contributed by atoms with van der Waals surface area (Å²) < 4.78 is 9.49. The summed E-state index contributed by atoms with van der Waals surface area (Å²) in [4.78, 5) is 56.8. The first-order valence-electron chi connectivity index (χ1n) is 17.7. The molecule has 14 nitrogen and oxygen atoms in total. The number of benzene rings is 1. The zero-order valence-electron chi connectivity index (χ0n) is 30.5. The molecule has 2 aliphatic heterocycles. The summed E-state index contributed by atoms with van der Waals surface area (Å²) in [6, 6.07) is 6.17. The van der Waals surface area contributed by atoms with Gasteiger partial charge in [-0.2, -0.15) is 0 Å². The predicted molar refractivity (Wildman–Crippen MR) is 193 cm³/mol. The molecule has 5 rings (SSSR count). The molecule has 0 spiro atoms. The molecular weight excluding hydrogens is 664 g/mol. The number of likely N-dealkylation sites (tertiary alicyclic amines) is 2. The minimum atomic E-state index is -0.909. The second-order valence-corrected chi connectivity index (χ2v) is 13.7. The lowest BCUT2D eigenvalue weighted by Crippen LogP contribution is -2.54. The van der Waals surface area contributed by atoms with Crippen molar-refractivity contribution < 1.29 is 29.0 Å². The first-order chi connectivity index (χ1) is 25.0. The van der Waals surface area contributed by atoms with E-state index in [2.05, 4.69) is 54.3 Å². The highest BCUT2D eigenvalue weighted by molar-refractivity contribution is 5.86. The summed E-state index contributed by atoms with van der Waals surface area (Å²) in [6.07, 6.45) is 4.61. The molecule has 4 heterocycles. The number of imidazole rings is 2. The second kappa shape index (κ2) is 17.3. The average molecular weight is 713 g/mol. The Kier molecular flexibility index (Phi) is 12.6. The number of aromatic amines is 2. The summed E-state index contributed by atoms with van der Waals surface area (Å²) in [5, 5.41) is 16.6. The predicted octanol–water partition coefficient (Wildman–Crippen LogP) is 4.08. The number of methoxy groups -OCH3 is 2. The number of carbonyl (C=O) groups excluding carboxylic acids is 3. The van der Waals surface area contributed by atoms with Crippen LogP contribution in [0.25, 0.3) is 11.3 Å². The van der Waals surface area contributed by atoms with Crippen molar-refractivity contribution >= 4 is 18.1 Å². The van der Waals surface area contributed by atoms with Crippen LogP contribution in [0.5, 0.6) is 0 Å². The first-order valence-corrected chi connectivity index (χ1v) is 17.7. The molecule has 14 heteroatoms. The Morgan fingerprint density at radius 2 is 1.48 bits per heavy atom. The number of ether oxygens (including phenoxy) is 2. The fraction of sp³-hybridized carbons (Fsp3) is 0.500. The quantitative estimate of drug-likeness (QED) is 0.194. The van der Waals surface area contributed by atoms with Gasteiger partial charge in [0.1, 0.15) is 29.6 Å². The normalized spacial score (nSPS) is 18.9. The number of carbonyl (C=O) groups is 3. The van der Waals surface area contributed by atoms with Gasteiger partial charge in [-0.15, -0.1) is 0 Å². The third kappa shape index (κ3) is 8.94. The molecule has 2 fully saturated rings. The first kappa shape index (κ1) is 37.9. The van der Waals surface area contributed by atoms with Crippen LogP contribution in [0.1, 0.15) is 88.4 Å². The zero-order chi connectivity index (χ0) is 37.4. The van der Waals surface area contributed by atoms with Crippen molar-refractivity contribution in [2.45, 2.75) is 83.8 Å². The van der Waals surface area contributed by atoms with Crippen molar-refractivity contribution in [2.24, 2.45) is 11.8 Å². The van der Waals surface area contributed by atoms with Gasteiger partial charge in [0, 0.05) is 18.7 Å². The minimum absolute atomic E-state index is 0.0176. The van der Waals surface area contributed by atoms with Crippen molar-refractivity contribution in [3.63, 3.8) is 0 Å². The van der Waals surface area contributed by atoms with Crippen molar-refractivity contribution in [1.82, 2.24) is 40.4 Å². The Hall–Kier alpha value is -5.31. The minimum Gasteiger partial charge on any atom is -0.453 e. The lowest BCUT2D eigenvalue weighted by molar-refractivity contribution is -0.135. The van der Waals surface area contributed by atoms with E-state index in [4.69, 9.17) is 9.47 Å². The van der Waals surface area contributed by atoms with Gasteiger partial charge in [0.05, 0.1) is 50.4 Å². The van der Waals surface area contributed by atoms with E-state index in [1.165, 1.54) is 14.2 Å². The van der Waals surface area contributed by atoms with Crippen molar-refractivity contribution in [3.05, 3.63) is 59.6 Å². The Morgan fingerprint density at radius 1 is 0.846 bits per heavy atom. The molecule has 5 N–H and O–H groups in total. The Balaban J connectivity index is 1.20. The molecule has 0 saturated carbocycles. The Labute approximate surface area is 304 Å². The van der Waals surface area contributed by atoms with Crippen LogP contribution in [0.4, 0.5) is 9.59 Å². The van der Waals surface area contributed by atoms with Crippen LogP contribution in [0.15, 0.2) is 36.7 Å². The zero-order valence-corrected chi connectivity index (χ0v) is 30.5. The van der Waals surface area contributed by atoms with Crippen LogP contribution in [0.3, 0.4) is 0 Å². The summed E-state index contributed by atoms with van der Waals surface area (Å²) >= 11 is 0. The molecule has 276 valence electrons. The van der Waals surface area contributed by atoms with E-state index in [-0.39, 0.29) is 29.8 Å². The number of alkyl carbamates (subject to hydrolysis) is 2. The molecule has 1 aromatic carbocycles. The Bertz CT molecular complexity index is 1830. The van der Waals surface area contributed by atoms with E-state index >= 15 is 0 Å². The van der Waals surface area contributed by atoms with Gasteiger partial charge in [0.25, 0.3) is 0 Å². The lowest BCUT2D eigenvalue weighted by atomic mass is 10.0. The number of aliphatic hydroxyl groups is 1. The van der Waals surface area contributed by atoms with E-state index in [0.717, 1.165) is 42.5 Å². The van der Waals surface area contributed by atoms with Crippen molar-refractivity contribution in [2.75, 3.05) is 27.3 Å². The smallest absolute Gasteiger partial charge is 0.407 e. The fourth-order valence-electron chi connectivity index (χ4n) is 6.74. The third-order valence-electron chi connectivity index (χ3n) is 9.56. The van der Waals surface area contributed by atoms with E-state index < -0.39 is 30.5 Å². The van der Waals surface area contributed by atoms with Crippen molar-refractivity contribution in [3.8, 4) is 34.9 Å². The maximum atomic E-state index is 13.5. The molecule has 2 aliphatic rings. The summed E-state index contributed by atoms with van der Waals surface area (Å²) in [6.45, 7) is 8.91. The summed E-state index contributed by atoms with van der Waals surface area (Å²) in [7, 11) is 2.58. The molecule has 5 atom stereocenters.